The number of nitrogens with zero attached hydrogens (tertiary/aromatic N) is 1. The predicted molar refractivity (Wildman–Crippen MR) is 72.0 cm³/mol. The fraction of sp³-hybridized carbons (Fsp3) is 0.100. The number of rotatable bonds is 3. The Morgan fingerprint density at radius 2 is 2.19 bits per heavy atom. The van der Waals surface area contributed by atoms with Gasteiger partial charge < -0.3 is 11.5 Å². The van der Waals surface area contributed by atoms with E-state index in [1.807, 2.05) is 17.5 Å². The van der Waals surface area contributed by atoms with Gasteiger partial charge in [-0.15, -0.1) is 23.1 Å². The van der Waals surface area contributed by atoms with E-state index in [9.17, 15) is 0 Å². The molecule has 2 aromatic rings. The van der Waals surface area contributed by atoms with Gasteiger partial charge in [0.15, 0.2) is 5.13 Å². The Kier molecular flexibility index (Phi) is 3.58. The van der Waals surface area contributed by atoms with Gasteiger partial charge in [0.2, 0.25) is 0 Å². The SMILES string of the molecule is Nc1nc(CSc2ccc(Cl)cc2N)cs1. The van der Waals surface area contributed by atoms with E-state index >= 15 is 0 Å². The van der Waals surface area contributed by atoms with Crippen LogP contribution < -0.4 is 11.5 Å². The highest BCUT2D eigenvalue weighted by molar-refractivity contribution is 7.98. The van der Waals surface area contributed by atoms with Gasteiger partial charge in [-0.2, -0.15) is 0 Å². The van der Waals surface area contributed by atoms with Gasteiger partial charge in [0, 0.05) is 26.7 Å². The molecule has 3 nitrogen and oxygen atoms in total. The minimum absolute atomic E-state index is 0.597. The summed E-state index contributed by atoms with van der Waals surface area (Å²) in [5.41, 5.74) is 13.1. The summed E-state index contributed by atoms with van der Waals surface area (Å²) in [4.78, 5) is 5.19. The van der Waals surface area contributed by atoms with Crippen molar-refractivity contribution < 1.29 is 0 Å². The Morgan fingerprint density at radius 1 is 1.38 bits per heavy atom. The van der Waals surface area contributed by atoms with Gasteiger partial charge in [0.1, 0.15) is 0 Å². The number of halogens is 1. The predicted octanol–water partition coefficient (Wildman–Crippen LogP) is 3.25. The Hall–Kier alpha value is -0.910. The van der Waals surface area contributed by atoms with E-state index in [-0.39, 0.29) is 0 Å². The minimum Gasteiger partial charge on any atom is -0.398 e. The van der Waals surface area contributed by atoms with Gasteiger partial charge >= 0.3 is 0 Å². The van der Waals surface area contributed by atoms with Crippen molar-refractivity contribution in [2.75, 3.05) is 11.5 Å². The van der Waals surface area contributed by atoms with Crippen LogP contribution >= 0.6 is 34.7 Å². The fourth-order valence-corrected chi connectivity index (χ4v) is 2.88. The first-order valence-corrected chi connectivity index (χ1v) is 6.77. The monoisotopic (exact) mass is 271 g/mol. The molecule has 0 saturated carbocycles. The topological polar surface area (TPSA) is 64.9 Å². The van der Waals surface area contributed by atoms with Gasteiger partial charge in [-0.05, 0) is 18.2 Å². The van der Waals surface area contributed by atoms with Gasteiger partial charge in [-0.3, -0.25) is 0 Å². The smallest absolute Gasteiger partial charge is 0.180 e. The molecule has 0 aliphatic rings. The first-order valence-electron chi connectivity index (χ1n) is 4.53. The summed E-state index contributed by atoms with van der Waals surface area (Å²) >= 11 is 8.90. The van der Waals surface area contributed by atoms with Crippen LogP contribution in [0.4, 0.5) is 10.8 Å². The maximum atomic E-state index is 5.84. The van der Waals surface area contributed by atoms with Crippen LogP contribution in [0.3, 0.4) is 0 Å². The molecule has 0 radical (unpaired) electrons. The lowest BCUT2D eigenvalue weighted by Gasteiger charge is -2.04. The molecule has 1 aromatic heterocycles. The second-order valence-electron chi connectivity index (χ2n) is 3.15. The highest BCUT2D eigenvalue weighted by Gasteiger charge is 2.03. The molecule has 0 aliphatic carbocycles. The molecule has 6 heteroatoms. The van der Waals surface area contributed by atoms with E-state index in [1.54, 1.807) is 17.8 Å². The second kappa shape index (κ2) is 4.95. The average Bonchev–Trinajstić information content (AvgIpc) is 2.63. The first-order chi connectivity index (χ1) is 7.65. The van der Waals surface area contributed by atoms with E-state index in [2.05, 4.69) is 4.98 Å². The third kappa shape index (κ3) is 2.81. The molecule has 0 amide bonds. The molecule has 0 spiro atoms. The minimum atomic E-state index is 0.597. The van der Waals surface area contributed by atoms with Crippen LogP contribution in [0, 0.1) is 0 Å². The van der Waals surface area contributed by atoms with Gasteiger partial charge in [-0.25, -0.2) is 4.98 Å². The molecule has 0 unspecified atom stereocenters. The zero-order valence-corrected chi connectivity index (χ0v) is 10.7. The van der Waals surface area contributed by atoms with Crippen LogP contribution in [-0.4, -0.2) is 4.98 Å². The van der Waals surface area contributed by atoms with Crippen molar-refractivity contribution in [1.29, 1.82) is 0 Å². The number of anilines is 2. The summed E-state index contributed by atoms with van der Waals surface area (Å²) in [5.74, 6) is 0.763. The number of nitrogen functional groups attached to an aromatic ring is 2. The molecule has 2 rings (SSSR count). The van der Waals surface area contributed by atoms with Crippen molar-refractivity contribution in [1.82, 2.24) is 4.98 Å². The van der Waals surface area contributed by atoms with Gasteiger partial charge in [0.25, 0.3) is 0 Å². The molecule has 0 atom stereocenters. The van der Waals surface area contributed by atoms with E-state index in [4.69, 9.17) is 23.1 Å². The molecule has 0 fully saturated rings. The second-order valence-corrected chi connectivity index (χ2v) is 5.49. The first kappa shape index (κ1) is 11.6. The fourth-order valence-electron chi connectivity index (χ4n) is 1.19. The average molecular weight is 272 g/mol. The zero-order chi connectivity index (χ0) is 11.5. The summed E-state index contributed by atoms with van der Waals surface area (Å²) in [6, 6.07) is 5.49. The normalized spacial score (nSPS) is 10.6. The van der Waals surface area contributed by atoms with E-state index in [0.29, 0.717) is 15.8 Å². The van der Waals surface area contributed by atoms with Crippen molar-refractivity contribution in [3.05, 3.63) is 34.3 Å². The molecule has 0 bridgehead atoms. The lowest BCUT2D eigenvalue weighted by atomic mass is 10.3. The molecule has 0 saturated heterocycles. The lowest BCUT2D eigenvalue weighted by Crippen LogP contribution is -1.89. The molecule has 1 heterocycles. The number of benzene rings is 1. The maximum absolute atomic E-state index is 5.84. The molecule has 0 aliphatic heterocycles. The van der Waals surface area contributed by atoms with Crippen molar-refractivity contribution in [2.24, 2.45) is 0 Å². The van der Waals surface area contributed by atoms with E-state index in [1.165, 1.54) is 11.3 Å². The molecule has 4 N–H and O–H groups in total. The Bertz CT molecular complexity index is 499. The van der Waals surface area contributed by atoms with Crippen molar-refractivity contribution in [2.45, 2.75) is 10.6 Å². The molecular weight excluding hydrogens is 262 g/mol. The van der Waals surface area contributed by atoms with Crippen molar-refractivity contribution in [3.63, 3.8) is 0 Å². The number of hydrogen-bond donors (Lipinski definition) is 2. The largest absolute Gasteiger partial charge is 0.398 e. The highest BCUT2D eigenvalue weighted by atomic mass is 35.5. The zero-order valence-electron chi connectivity index (χ0n) is 8.31. The Balaban J connectivity index is 2.04. The molecular formula is C10H10ClN3S2. The van der Waals surface area contributed by atoms with Crippen LogP contribution in [0.5, 0.6) is 0 Å². The Labute approximate surface area is 107 Å². The summed E-state index contributed by atoms with van der Waals surface area (Å²) in [6.45, 7) is 0. The number of thioether (sulfide) groups is 1. The van der Waals surface area contributed by atoms with Gasteiger partial charge in [-0.1, -0.05) is 11.6 Å². The van der Waals surface area contributed by atoms with Gasteiger partial charge in [0.05, 0.1) is 5.69 Å². The third-order valence-corrected chi connectivity index (χ3v) is 4.00. The van der Waals surface area contributed by atoms with E-state index < -0.39 is 0 Å². The van der Waals surface area contributed by atoms with Crippen molar-refractivity contribution >= 4 is 45.5 Å². The third-order valence-electron chi connectivity index (χ3n) is 1.92. The highest BCUT2D eigenvalue weighted by Crippen LogP contribution is 2.30. The number of hydrogen-bond acceptors (Lipinski definition) is 5. The summed E-state index contributed by atoms with van der Waals surface area (Å²) in [6.07, 6.45) is 0. The van der Waals surface area contributed by atoms with Crippen LogP contribution in [0.25, 0.3) is 0 Å². The quantitative estimate of drug-likeness (QED) is 0.664. The standard InChI is InChI=1S/C10H10ClN3S2/c11-6-1-2-9(8(12)3-6)15-4-7-5-16-10(13)14-7/h1-3,5H,4,12H2,(H2,13,14). The summed E-state index contributed by atoms with van der Waals surface area (Å²) in [7, 11) is 0. The van der Waals surface area contributed by atoms with E-state index in [0.717, 1.165) is 16.3 Å². The van der Waals surface area contributed by atoms with Crippen LogP contribution in [-0.2, 0) is 5.75 Å². The molecule has 1 aromatic carbocycles. The summed E-state index contributed by atoms with van der Waals surface area (Å²) in [5, 5.41) is 3.20. The number of thiazole rings is 1. The van der Waals surface area contributed by atoms with Crippen LogP contribution in [0.15, 0.2) is 28.5 Å². The van der Waals surface area contributed by atoms with Crippen LogP contribution in [0.2, 0.25) is 5.02 Å². The summed E-state index contributed by atoms with van der Waals surface area (Å²) < 4.78 is 0. The maximum Gasteiger partial charge on any atom is 0.180 e. The molecule has 16 heavy (non-hydrogen) atoms. The lowest BCUT2D eigenvalue weighted by molar-refractivity contribution is 1.24. The molecule has 84 valence electrons. The van der Waals surface area contributed by atoms with Crippen LogP contribution in [0.1, 0.15) is 5.69 Å². The van der Waals surface area contributed by atoms with Crippen molar-refractivity contribution in [3.8, 4) is 0 Å². The Morgan fingerprint density at radius 3 is 2.81 bits per heavy atom. The number of aromatic nitrogens is 1. The number of nitrogens with two attached hydrogens (primary N) is 2.